The molecule has 2 heteroatoms. The van der Waals surface area contributed by atoms with E-state index in [1.54, 1.807) is 0 Å². The molecule has 0 saturated heterocycles. The second-order valence-electron chi connectivity index (χ2n) is 10.7. The summed E-state index contributed by atoms with van der Waals surface area (Å²) >= 11 is 0. The van der Waals surface area contributed by atoms with Crippen molar-refractivity contribution >= 4 is 5.97 Å². The number of fused-ring (bicyclic) bond motifs is 5. The molecule has 26 heavy (non-hydrogen) atoms. The van der Waals surface area contributed by atoms with Crippen LogP contribution in [0.4, 0.5) is 0 Å². The highest BCUT2D eigenvalue weighted by Gasteiger charge is 2.59. The molecule has 2 nitrogen and oxygen atoms in total. The minimum absolute atomic E-state index is 0.0306. The van der Waals surface area contributed by atoms with E-state index < -0.39 is 0 Å². The van der Waals surface area contributed by atoms with Crippen molar-refractivity contribution in [2.24, 2.45) is 40.4 Å². The Balaban J connectivity index is 1.45. The molecule has 148 valence electrons. The van der Waals surface area contributed by atoms with Gasteiger partial charge in [0.1, 0.15) is 0 Å². The van der Waals surface area contributed by atoms with Crippen LogP contribution >= 0.6 is 0 Å². The second kappa shape index (κ2) is 7.13. The highest BCUT2D eigenvalue weighted by molar-refractivity contribution is 5.68. The third-order valence-electron chi connectivity index (χ3n) is 9.94. The quantitative estimate of drug-likeness (QED) is 0.544. The standard InChI is InChI=1S/C24H40O2/c1-23-15-5-4-7-17(23)10-12-19-20-13-11-18(8-6-9-22(25)26-3)24(20,2)16-14-21(19)23/h17-21H,4-16H2,1-3H3/t17?,18?,19-,20?,21?,23?,24?/m0/s1. The van der Waals surface area contributed by atoms with Crippen LogP contribution in [0.3, 0.4) is 0 Å². The number of methoxy groups -OCH3 is 1. The van der Waals surface area contributed by atoms with Gasteiger partial charge in [0, 0.05) is 6.42 Å². The lowest BCUT2D eigenvalue weighted by Crippen LogP contribution is -2.52. The van der Waals surface area contributed by atoms with Crippen LogP contribution in [0.15, 0.2) is 0 Å². The first-order chi connectivity index (χ1) is 12.5. The lowest BCUT2D eigenvalue weighted by Gasteiger charge is -2.60. The third kappa shape index (κ3) is 2.94. The van der Waals surface area contributed by atoms with Crippen LogP contribution in [0.25, 0.3) is 0 Å². The molecule has 0 aromatic carbocycles. The average Bonchev–Trinajstić information content (AvgIpc) is 2.97. The Labute approximate surface area is 160 Å². The maximum absolute atomic E-state index is 11.5. The van der Waals surface area contributed by atoms with E-state index in [0.29, 0.717) is 17.3 Å². The van der Waals surface area contributed by atoms with Crippen LogP contribution in [-0.4, -0.2) is 13.1 Å². The van der Waals surface area contributed by atoms with Crippen LogP contribution in [0.1, 0.15) is 97.3 Å². The van der Waals surface area contributed by atoms with Crippen molar-refractivity contribution in [2.75, 3.05) is 7.11 Å². The first kappa shape index (κ1) is 18.8. The zero-order chi connectivity index (χ0) is 18.4. The van der Waals surface area contributed by atoms with Gasteiger partial charge in [-0.15, -0.1) is 0 Å². The molecule has 0 radical (unpaired) electrons. The van der Waals surface area contributed by atoms with Gasteiger partial charge in [-0.2, -0.15) is 0 Å². The van der Waals surface area contributed by atoms with Gasteiger partial charge in [-0.25, -0.2) is 0 Å². The SMILES string of the molecule is COC(=O)CCCC1CCC2[C@@H]3CCC4CCCCC4(C)C3CCC12C. The highest BCUT2D eigenvalue weighted by Crippen LogP contribution is 2.67. The summed E-state index contributed by atoms with van der Waals surface area (Å²) in [5, 5.41) is 0. The van der Waals surface area contributed by atoms with E-state index in [1.165, 1.54) is 77.7 Å². The predicted molar refractivity (Wildman–Crippen MR) is 106 cm³/mol. The Hall–Kier alpha value is -0.530. The van der Waals surface area contributed by atoms with Gasteiger partial charge >= 0.3 is 5.97 Å². The zero-order valence-corrected chi connectivity index (χ0v) is 17.4. The normalized spacial score (nSPS) is 47.6. The maximum atomic E-state index is 11.5. The summed E-state index contributed by atoms with van der Waals surface area (Å²) < 4.78 is 4.84. The predicted octanol–water partition coefficient (Wildman–Crippen LogP) is 6.38. The van der Waals surface area contributed by atoms with Crippen molar-refractivity contribution in [3.8, 4) is 0 Å². The van der Waals surface area contributed by atoms with Gasteiger partial charge in [0.2, 0.25) is 0 Å². The number of hydrogen-bond donors (Lipinski definition) is 0. The second-order valence-corrected chi connectivity index (χ2v) is 10.7. The van der Waals surface area contributed by atoms with Gasteiger partial charge in [0.05, 0.1) is 7.11 Å². The molecule has 0 aliphatic heterocycles. The van der Waals surface area contributed by atoms with Gasteiger partial charge in [-0.05, 0) is 105 Å². The molecule has 0 aromatic rings. The van der Waals surface area contributed by atoms with Crippen molar-refractivity contribution < 1.29 is 9.53 Å². The summed E-state index contributed by atoms with van der Waals surface area (Å²) in [5.74, 6) is 4.81. The van der Waals surface area contributed by atoms with Crippen molar-refractivity contribution in [3.05, 3.63) is 0 Å². The fraction of sp³-hybridized carbons (Fsp3) is 0.958. The summed E-state index contributed by atoms with van der Waals surface area (Å²) in [6, 6.07) is 0. The number of carbonyl (C=O) groups is 1. The zero-order valence-electron chi connectivity index (χ0n) is 17.4. The maximum Gasteiger partial charge on any atom is 0.305 e. The Bertz CT molecular complexity index is 528. The van der Waals surface area contributed by atoms with E-state index >= 15 is 0 Å². The molecule has 4 rings (SSSR count). The number of rotatable bonds is 4. The number of hydrogen-bond acceptors (Lipinski definition) is 2. The Morgan fingerprint density at radius 2 is 1.73 bits per heavy atom. The molecule has 6 unspecified atom stereocenters. The monoisotopic (exact) mass is 360 g/mol. The minimum atomic E-state index is -0.0306. The summed E-state index contributed by atoms with van der Waals surface area (Å²) in [5.41, 5.74) is 1.21. The lowest BCUT2D eigenvalue weighted by molar-refractivity contribution is -0.140. The van der Waals surface area contributed by atoms with E-state index in [0.717, 1.165) is 36.0 Å². The molecule has 0 spiro atoms. The molecule has 4 saturated carbocycles. The van der Waals surface area contributed by atoms with Crippen LogP contribution in [0.5, 0.6) is 0 Å². The number of esters is 1. The summed E-state index contributed by atoms with van der Waals surface area (Å²) in [4.78, 5) is 11.5. The molecule has 4 fully saturated rings. The van der Waals surface area contributed by atoms with Crippen molar-refractivity contribution in [2.45, 2.75) is 97.3 Å². The Morgan fingerprint density at radius 1 is 0.923 bits per heavy atom. The third-order valence-corrected chi connectivity index (χ3v) is 9.94. The van der Waals surface area contributed by atoms with Crippen molar-refractivity contribution in [1.29, 1.82) is 0 Å². The van der Waals surface area contributed by atoms with E-state index in [9.17, 15) is 4.79 Å². The van der Waals surface area contributed by atoms with Gasteiger partial charge in [0.25, 0.3) is 0 Å². The van der Waals surface area contributed by atoms with Crippen LogP contribution in [0, 0.1) is 40.4 Å². The fourth-order valence-electron chi connectivity index (χ4n) is 8.47. The lowest BCUT2D eigenvalue weighted by atomic mass is 9.45. The topological polar surface area (TPSA) is 26.3 Å². The first-order valence-electron chi connectivity index (χ1n) is 11.6. The highest BCUT2D eigenvalue weighted by atomic mass is 16.5. The fourth-order valence-corrected chi connectivity index (χ4v) is 8.47. The molecule has 0 heterocycles. The van der Waals surface area contributed by atoms with Gasteiger partial charge < -0.3 is 4.74 Å². The molecular weight excluding hydrogens is 320 g/mol. The molecule has 0 amide bonds. The van der Waals surface area contributed by atoms with Crippen LogP contribution in [0.2, 0.25) is 0 Å². The molecule has 4 aliphatic carbocycles. The molecular formula is C24H40O2. The van der Waals surface area contributed by atoms with Crippen molar-refractivity contribution in [3.63, 3.8) is 0 Å². The van der Waals surface area contributed by atoms with E-state index in [4.69, 9.17) is 4.74 Å². The number of carbonyl (C=O) groups excluding carboxylic acids is 1. The first-order valence-corrected chi connectivity index (χ1v) is 11.6. The average molecular weight is 361 g/mol. The number of ether oxygens (including phenoxy) is 1. The van der Waals surface area contributed by atoms with Gasteiger partial charge in [-0.3, -0.25) is 4.79 Å². The van der Waals surface area contributed by atoms with Crippen molar-refractivity contribution in [1.82, 2.24) is 0 Å². The van der Waals surface area contributed by atoms with E-state index in [2.05, 4.69) is 13.8 Å². The van der Waals surface area contributed by atoms with E-state index in [1.807, 2.05) is 0 Å². The van der Waals surface area contributed by atoms with Gasteiger partial charge in [-0.1, -0.05) is 26.7 Å². The summed E-state index contributed by atoms with van der Waals surface area (Å²) in [7, 11) is 1.51. The van der Waals surface area contributed by atoms with Crippen LogP contribution in [-0.2, 0) is 9.53 Å². The molecule has 0 aromatic heterocycles. The molecule has 0 N–H and O–H groups in total. The minimum Gasteiger partial charge on any atom is -0.469 e. The van der Waals surface area contributed by atoms with E-state index in [-0.39, 0.29) is 5.97 Å². The molecule has 0 bridgehead atoms. The van der Waals surface area contributed by atoms with Gasteiger partial charge in [0.15, 0.2) is 0 Å². The summed E-state index contributed by atoms with van der Waals surface area (Å²) in [6.07, 6.45) is 17.7. The smallest absolute Gasteiger partial charge is 0.305 e. The molecule has 7 atom stereocenters. The largest absolute Gasteiger partial charge is 0.469 e. The van der Waals surface area contributed by atoms with Crippen LogP contribution < -0.4 is 0 Å². The Morgan fingerprint density at radius 3 is 2.54 bits per heavy atom. The molecule has 4 aliphatic rings. The Kier molecular flexibility index (Phi) is 5.16. The summed E-state index contributed by atoms with van der Waals surface area (Å²) in [6.45, 7) is 5.30.